The van der Waals surface area contributed by atoms with Crippen LogP contribution in [-0.4, -0.2) is 37.1 Å². The van der Waals surface area contributed by atoms with Crippen LogP contribution in [0.2, 0.25) is 0 Å². The van der Waals surface area contributed by atoms with Gasteiger partial charge in [-0.15, -0.1) is 12.4 Å². The van der Waals surface area contributed by atoms with E-state index in [1.807, 2.05) is 19.1 Å². The van der Waals surface area contributed by atoms with Gasteiger partial charge in [-0.2, -0.15) is 0 Å². The first-order chi connectivity index (χ1) is 13.6. The molecule has 1 fully saturated rings. The van der Waals surface area contributed by atoms with E-state index in [9.17, 15) is 4.79 Å². The molecule has 2 aromatic carbocycles. The summed E-state index contributed by atoms with van der Waals surface area (Å²) in [5.74, 6) is 1.48. The Balaban J connectivity index is 0.00000240. The highest BCUT2D eigenvalue weighted by Gasteiger charge is 2.43. The third kappa shape index (κ3) is 4.22. The minimum absolute atomic E-state index is 0. The van der Waals surface area contributed by atoms with Crippen LogP contribution in [0.15, 0.2) is 42.5 Å². The molecule has 1 heterocycles. The maximum Gasteiger partial charge on any atom is 0.338 e. The van der Waals surface area contributed by atoms with Crippen LogP contribution in [0, 0.1) is 12.8 Å². The number of hydrogen-bond acceptors (Lipinski definition) is 3. The second-order valence-electron chi connectivity index (χ2n) is 8.32. The third-order valence-corrected chi connectivity index (χ3v) is 6.55. The van der Waals surface area contributed by atoms with Crippen molar-refractivity contribution in [1.29, 1.82) is 0 Å². The summed E-state index contributed by atoms with van der Waals surface area (Å²) in [6.45, 7) is 10.4. The number of piperidine rings is 1. The Kier molecular flexibility index (Phi) is 7.02. The van der Waals surface area contributed by atoms with Crippen molar-refractivity contribution in [2.75, 3.05) is 26.2 Å². The number of halogens is 1. The lowest BCUT2D eigenvalue weighted by Crippen LogP contribution is -2.38. The normalized spacial score (nSPS) is 23.1. The van der Waals surface area contributed by atoms with Crippen LogP contribution in [-0.2, 0) is 4.74 Å². The van der Waals surface area contributed by atoms with E-state index in [1.165, 1.54) is 35.2 Å². The molecule has 0 aromatic heterocycles. The minimum atomic E-state index is -0.217. The first-order valence-corrected chi connectivity index (χ1v) is 10.7. The molecule has 0 unspecified atom stereocenters. The molecular formula is C25H32ClNO2. The first-order valence-electron chi connectivity index (χ1n) is 10.7. The van der Waals surface area contributed by atoms with E-state index in [4.69, 9.17) is 4.74 Å². The molecule has 0 spiro atoms. The highest BCUT2D eigenvalue weighted by atomic mass is 35.5. The molecule has 4 rings (SSSR count). The molecule has 0 saturated carbocycles. The molecule has 2 aromatic rings. The monoisotopic (exact) mass is 413 g/mol. The predicted molar refractivity (Wildman–Crippen MR) is 120 cm³/mol. The second kappa shape index (κ2) is 9.32. The highest BCUT2D eigenvalue weighted by Crippen LogP contribution is 2.53. The summed E-state index contributed by atoms with van der Waals surface area (Å²) in [7, 11) is 0. The van der Waals surface area contributed by atoms with Gasteiger partial charge >= 0.3 is 5.97 Å². The minimum Gasteiger partial charge on any atom is -0.462 e. The lowest BCUT2D eigenvalue weighted by molar-refractivity contribution is 0.0505. The number of esters is 1. The van der Waals surface area contributed by atoms with E-state index in [0.29, 0.717) is 29.9 Å². The SMILES string of the molecule is CCCOC(=O)c1ccc([C@@H]2c3cc(C)ccc3[C@H]3CN(CC)CC[C@@H]23)cc1.Cl. The smallest absolute Gasteiger partial charge is 0.338 e. The molecule has 3 atom stereocenters. The predicted octanol–water partition coefficient (Wildman–Crippen LogP) is 5.55. The summed E-state index contributed by atoms with van der Waals surface area (Å²) in [6.07, 6.45) is 2.08. The standard InChI is InChI=1S/C25H31NO2.ClH/c1-4-14-28-25(27)19-9-7-18(8-10-19)24-21-12-13-26(5-2)16-23(21)20-11-6-17(3)15-22(20)24;/h6-11,15,21,23-24H,4-5,12-14,16H2,1-3H3;1H/t21-,23-,24+;/m1./s1. The van der Waals surface area contributed by atoms with Crippen LogP contribution >= 0.6 is 12.4 Å². The Hall–Kier alpha value is -1.84. The maximum absolute atomic E-state index is 12.1. The number of ether oxygens (including phenoxy) is 1. The Morgan fingerprint density at radius 3 is 2.55 bits per heavy atom. The van der Waals surface area contributed by atoms with Crippen LogP contribution < -0.4 is 0 Å². The van der Waals surface area contributed by atoms with Crippen LogP contribution in [0.4, 0.5) is 0 Å². The molecule has 29 heavy (non-hydrogen) atoms. The zero-order valence-corrected chi connectivity index (χ0v) is 18.5. The molecule has 2 aliphatic rings. The number of rotatable bonds is 5. The summed E-state index contributed by atoms with van der Waals surface area (Å²) >= 11 is 0. The number of likely N-dealkylation sites (tertiary alicyclic amines) is 1. The Morgan fingerprint density at radius 2 is 1.86 bits per heavy atom. The van der Waals surface area contributed by atoms with Crippen molar-refractivity contribution in [2.45, 2.75) is 45.4 Å². The highest BCUT2D eigenvalue weighted by molar-refractivity contribution is 5.89. The summed E-state index contributed by atoms with van der Waals surface area (Å²) < 4.78 is 5.28. The fourth-order valence-electron chi connectivity index (χ4n) is 5.12. The molecule has 1 saturated heterocycles. The topological polar surface area (TPSA) is 29.5 Å². The molecule has 1 aliphatic carbocycles. The summed E-state index contributed by atoms with van der Waals surface area (Å²) in [4.78, 5) is 14.7. The third-order valence-electron chi connectivity index (χ3n) is 6.55. The van der Waals surface area contributed by atoms with Gasteiger partial charge in [0.1, 0.15) is 0 Å². The summed E-state index contributed by atoms with van der Waals surface area (Å²) in [5.41, 5.74) is 6.34. The van der Waals surface area contributed by atoms with Gasteiger partial charge in [0.15, 0.2) is 0 Å². The quantitative estimate of drug-likeness (QED) is 0.601. The number of hydrogen-bond donors (Lipinski definition) is 0. The zero-order valence-electron chi connectivity index (χ0n) is 17.7. The van der Waals surface area contributed by atoms with Crippen molar-refractivity contribution < 1.29 is 9.53 Å². The van der Waals surface area contributed by atoms with Crippen LogP contribution in [0.25, 0.3) is 0 Å². The van der Waals surface area contributed by atoms with Gasteiger partial charge < -0.3 is 9.64 Å². The van der Waals surface area contributed by atoms with Crippen molar-refractivity contribution >= 4 is 18.4 Å². The van der Waals surface area contributed by atoms with Crippen LogP contribution in [0.5, 0.6) is 0 Å². The van der Waals surface area contributed by atoms with E-state index < -0.39 is 0 Å². The summed E-state index contributed by atoms with van der Waals surface area (Å²) in [6, 6.07) is 15.2. The van der Waals surface area contributed by atoms with Crippen LogP contribution in [0.3, 0.4) is 0 Å². The van der Waals surface area contributed by atoms with Gasteiger partial charge in [-0.1, -0.05) is 49.7 Å². The van der Waals surface area contributed by atoms with Gasteiger partial charge in [-0.05, 0) is 67.6 Å². The van der Waals surface area contributed by atoms with E-state index in [2.05, 4.69) is 49.1 Å². The average molecular weight is 414 g/mol. The number of aryl methyl sites for hydroxylation is 1. The number of carbonyl (C=O) groups excluding carboxylic acids is 1. The maximum atomic E-state index is 12.1. The van der Waals surface area contributed by atoms with Crippen molar-refractivity contribution in [1.82, 2.24) is 4.90 Å². The van der Waals surface area contributed by atoms with Gasteiger partial charge in [-0.3, -0.25) is 0 Å². The van der Waals surface area contributed by atoms with E-state index in [-0.39, 0.29) is 18.4 Å². The molecule has 0 radical (unpaired) electrons. The first kappa shape index (κ1) is 21.9. The van der Waals surface area contributed by atoms with Gasteiger partial charge in [0.25, 0.3) is 0 Å². The van der Waals surface area contributed by atoms with Crippen molar-refractivity contribution in [3.8, 4) is 0 Å². The van der Waals surface area contributed by atoms with Gasteiger partial charge in [0, 0.05) is 18.4 Å². The van der Waals surface area contributed by atoms with Gasteiger partial charge in [0.05, 0.1) is 12.2 Å². The molecule has 0 N–H and O–H groups in total. The largest absolute Gasteiger partial charge is 0.462 e. The lowest BCUT2D eigenvalue weighted by atomic mass is 9.78. The number of benzene rings is 2. The molecule has 1 aliphatic heterocycles. The van der Waals surface area contributed by atoms with Crippen molar-refractivity contribution in [3.05, 3.63) is 70.3 Å². The van der Waals surface area contributed by atoms with Crippen LogP contribution in [0.1, 0.15) is 71.1 Å². The number of nitrogens with zero attached hydrogens (tertiary/aromatic N) is 1. The number of fused-ring (bicyclic) bond motifs is 3. The fraction of sp³-hybridized carbons (Fsp3) is 0.480. The lowest BCUT2D eigenvalue weighted by Gasteiger charge is -2.37. The zero-order chi connectivity index (χ0) is 19.7. The number of carbonyl (C=O) groups is 1. The van der Waals surface area contributed by atoms with Gasteiger partial charge in [0.2, 0.25) is 0 Å². The average Bonchev–Trinajstić information content (AvgIpc) is 3.04. The molecule has 156 valence electrons. The molecule has 0 bridgehead atoms. The van der Waals surface area contributed by atoms with E-state index >= 15 is 0 Å². The molecule has 4 heteroatoms. The van der Waals surface area contributed by atoms with E-state index in [1.54, 1.807) is 0 Å². The molecular weight excluding hydrogens is 382 g/mol. The number of likely N-dealkylation sites (N-methyl/N-ethyl adjacent to an activating group) is 1. The Morgan fingerprint density at radius 1 is 1.10 bits per heavy atom. The van der Waals surface area contributed by atoms with Crippen molar-refractivity contribution in [2.24, 2.45) is 5.92 Å². The summed E-state index contributed by atoms with van der Waals surface area (Å²) in [5, 5.41) is 0. The van der Waals surface area contributed by atoms with Crippen molar-refractivity contribution in [3.63, 3.8) is 0 Å². The second-order valence-corrected chi connectivity index (χ2v) is 8.32. The van der Waals surface area contributed by atoms with E-state index in [0.717, 1.165) is 19.5 Å². The molecule has 0 amide bonds. The fourth-order valence-corrected chi connectivity index (χ4v) is 5.12. The Labute approximate surface area is 180 Å². The van der Waals surface area contributed by atoms with Gasteiger partial charge in [-0.25, -0.2) is 4.79 Å². The molecule has 3 nitrogen and oxygen atoms in total. The Bertz CT molecular complexity index is 848.